The lowest BCUT2D eigenvalue weighted by molar-refractivity contribution is -0.384. The molecule has 0 radical (unpaired) electrons. The Morgan fingerprint density at radius 2 is 2.17 bits per heavy atom. The van der Waals surface area contributed by atoms with Crippen LogP contribution in [-0.2, 0) is 4.79 Å². The average molecular weight is 315 g/mol. The molecule has 1 aromatic rings. The standard InChI is InChI=1S/C17H21N3O3/c21-17(8-7-13-4-3-5-14(12-13)20(22)23)18-15-9-11-19-10-2-1-6-16(15)19/h3-5,7-8,12,15-16H,1-2,6,9-11H2,(H,18,21)/b8-7-/t15-,16+/m1/s1. The van der Waals surface area contributed by atoms with Gasteiger partial charge in [0.15, 0.2) is 0 Å². The van der Waals surface area contributed by atoms with E-state index in [-0.39, 0.29) is 17.6 Å². The molecule has 1 N–H and O–H groups in total. The summed E-state index contributed by atoms with van der Waals surface area (Å²) in [5.74, 6) is -0.131. The van der Waals surface area contributed by atoms with Gasteiger partial charge in [0.2, 0.25) is 5.91 Å². The second kappa shape index (κ2) is 6.91. The SMILES string of the molecule is O=C(/C=C\c1cccc([N+](=O)[O-])c1)N[C@@H]1CCN2CCCC[C@@H]12. The normalized spacial score (nSPS) is 24.5. The lowest BCUT2D eigenvalue weighted by atomic mass is 9.99. The fraction of sp³-hybridized carbons (Fsp3) is 0.471. The summed E-state index contributed by atoms with van der Waals surface area (Å²) in [6.07, 6.45) is 7.72. The molecule has 2 atom stereocenters. The van der Waals surface area contributed by atoms with Gasteiger partial charge in [-0.05, 0) is 37.4 Å². The van der Waals surface area contributed by atoms with Crippen LogP contribution in [0.1, 0.15) is 31.2 Å². The van der Waals surface area contributed by atoms with Gasteiger partial charge in [-0.15, -0.1) is 0 Å². The molecule has 6 heteroatoms. The van der Waals surface area contributed by atoms with E-state index in [1.807, 2.05) is 0 Å². The highest BCUT2D eigenvalue weighted by atomic mass is 16.6. The Balaban J connectivity index is 1.59. The number of nitrogens with zero attached hydrogens (tertiary/aromatic N) is 2. The minimum atomic E-state index is -0.437. The lowest BCUT2D eigenvalue weighted by Crippen LogP contribution is -2.46. The molecule has 1 aromatic carbocycles. The molecule has 6 nitrogen and oxygen atoms in total. The highest BCUT2D eigenvalue weighted by Gasteiger charge is 2.35. The van der Waals surface area contributed by atoms with E-state index in [1.54, 1.807) is 18.2 Å². The summed E-state index contributed by atoms with van der Waals surface area (Å²) in [5, 5.41) is 13.8. The molecule has 0 aromatic heterocycles. The van der Waals surface area contributed by atoms with Crippen LogP contribution in [0.15, 0.2) is 30.3 Å². The van der Waals surface area contributed by atoms with Crippen LogP contribution >= 0.6 is 0 Å². The van der Waals surface area contributed by atoms with Crippen LogP contribution in [0.3, 0.4) is 0 Å². The van der Waals surface area contributed by atoms with Gasteiger partial charge < -0.3 is 5.32 Å². The third-order valence-corrected chi connectivity index (χ3v) is 4.69. The number of non-ortho nitro benzene ring substituents is 1. The Morgan fingerprint density at radius 3 is 3.00 bits per heavy atom. The Kier molecular flexibility index (Phi) is 4.71. The molecule has 2 aliphatic heterocycles. The lowest BCUT2D eigenvalue weighted by Gasteiger charge is -2.32. The highest BCUT2D eigenvalue weighted by molar-refractivity contribution is 5.92. The number of benzene rings is 1. The number of rotatable bonds is 4. The summed E-state index contributed by atoms with van der Waals surface area (Å²) < 4.78 is 0. The number of nitro groups is 1. The zero-order valence-corrected chi connectivity index (χ0v) is 13.0. The molecular weight excluding hydrogens is 294 g/mol. The van der Waals surface area contributed by atoms with E-state index in [0.29, 0.717) is 11.6 Å². The van der Waals surface area contributed by atoms with Gasteiger partial charge >= 0.3 is 0 Å². The minimum Gasteiger partial charge on any atom is -0.348 e. The van der Waals surface area contributed by atoms with E-state index >= 15 is 0 Å². The molecule has 23 heavy (non-hydrogen) atoms. The molecule has 0 saturated carbocycles. The van der Waals surface area contributed by atoms with Crippen molar-refractivity contribution in [1.29, 1.82) is 0 Å². The predicted octanol–water partition coefficient (Wildman–Crippen LogP) is 2.35. The summed E-state index contributed by atoms with van der Waals surface area (Å²) in [4.78, 5) is 24.9. The van der Waals surface area contributed by atoms with Gasteiger partial charge in [0.1, 0.15) is 0 Å². The van der Waals surface area contributed by atoms with Crippen LogP contribution in [0.2, 0.25) is 0 Å². The summed E-state index contributed by atoms with van der Waals surface area (Å²) in [6.45, 7) is 2.20. The van der Waals surface area contributed by atoms with E-state index in [1.165, 1.54) is 31.1 Å². The third-order valence-electron chi connectivity index (χ3n) is 4.69. The first kappa shape index (κ1) is 15.7. The Bertz CT molecular complexity index is 629. The molecule has 122 valence electrons. The van der Waals surface area contributed by atoms with E-state index < -0.39 is 4.92 Å². The molecule has 0 bridgehead atoms. The van der Waals surface area contributed by atoms with Crippen molar-refractivity contribution in [2.24, 2.45) is 0 Å². The van der Waals surface area contributed by atoms with E-state index in [9.17, 15) is 14.9 Å². The number of hydrogen-bond acceptors (Lipinski definition) is 4. The number of hydrogen-bond donors (Lipinski definition) is 1. The van der Waals surface area contributed by atoms with Crippen molar-refractivity contribution in [3.8, 4) is 0 Å². The fourth-order valence-electron chi connectivity index (χ4n) is 3.56. The molecule has 0 aliphatic carbocycles. The van der Waals surface area contributed by atoms with E-state index in [4.69, 9.17) is 0 Å². The maximum absolute atomic E-state index is 12.1. The first-order chi connectivity index (χ1) is 11.1. The molecule has 0 spiro atoms. The molecular formula is C17H21N3O3. The summed E-state index contributed by atoms with van der Waals surface area (Å²) in [6, 6.07) is 6.95. The summed E-state index contributed by atoms with van der Waals surface area (Å²) in [5.41, 5.74) is 0.682. The van der Waals surface area contributed by atoms with Gasteiger partial charge in [0.25, 0.3) is 5.69 Å². The quantitative estimate of drug-likeness (QED) is 0.526. The number of nitrogens with one attached hydrogen (secondary N) is 1. The van der Waals surface area contributed by atoms with Crippen molar-refractivity contribution in [1.82, 2.24) is 10.2 Å². The Morgan fingerprint density at radius 1 is 1.30 bits per heavy atom. The Labute approximate surface area is 135 Å². The number of nitro benzene ring substituents is 1. The number of fused-ring (bicyclic) bond motifs is 1. The average Bonchev–Trinajstić information content (AvgIpc) is 2.96. The highest BCUT2D eigenvalue weighted by Crippen LogP contribution is 2.27. The van der Waals surface area contributed by atoms with Gasteiger partial charge in [-0.1, -0.05) is 18.6 Å². The van der Waals surface area contributed by atoms with Gasteiger partial charge in [-0.25, -0.2) is 0 Å². The van der Waals surface area contributed by atoms with Crippen LogP contribution in [-0.4, -0.2) is 40.9 Å². The molecule has 2 heterocycles. The van der Waals surface area contributed by atoms with Gasteiger partial charge in [-0.2, -0.15) is 0 Å². The second-order valence-corrected chi connectivity index (χ2v) is 6.19. The van der Waals surface area contributed by atoms with Gasteiger partial charge in [-0.3, -0.25) is 19.8 Å². The first-order valence-electron chi connectivity index (χ1n) is 8.10. The van der Waals surface area contributed by atoms with Crippen molar-refractivity contribution in [2.75, 3.05) is 13.1 Å². The van der Waals surface area contributed by atoms with Crippen LogP contribution in [0.4, 0.5) is 5.69 Å². The summed E-state index contributed by atoms with van der Waals surface area (Å²) in [7, 11) is 0. The maximum atomic E-state index is 12.1. The molecule has 2 fully saturated rings. The topological polar surface area (TPSA) is 75.5 Å². The monoisotopic (exact) mass is 315 g/mol. The van der Waals surface area contributed by atoms with Crippen molar-refractivity contribution in [3.63, 3.8) is 0 Å². The molecule has 2 aliphatic rings. The van der Waals surface area contributed by atoms with Crippen molar-refractivity contribution in [2.45, 2.75) is 37.8 Å². The number of amides is 1. The van der Waals surface area contributed by atoms with Gasteiger partial charge in [0.05, 0.1) is 4.92 Å². The molecule has 3 rings (SSSR count). The first-order valence-corrected chi connectivity index (χ1v) is 8.10. The third kappa shape index (κ3) is 3.76. The van der Waals surface area contributed by atoms with Gasteiger partial charge in [0, 0.05) is 36.8 Å². The van der Waals surface area contributed by atoms with Crippen molar-refractivity contribution in [3.05, 3.63) is 46.0 Å². The Hall–Kier alpha value is -2.21. The van der Waals surface area contributed by atoms with Crippen molar-refractivity contribution < 1.29 is 9.72 Å². The van der Waals surface area contributed by atoms with Crippen LogP contribution in [0.5, 0.6) is 0 Å². The van der Waals surface area contributed by atoms with E-state index in [0.717, 1.165) is 25.9 Å². The zero-order chi connectivity index (χ0) is 16.2. The number of carbonyl (C=O) groups excluding carboxylic acids is 1. The maximum Gasteiger partial charge on any atom is 0.270 e. The predicted molar refractivity (Wildman–Crippen MR) is 87.9 cm³/mol. The van der Waals surface area contributed by atoms with Crippen LogP contribution in [0.25, 0.3) is 6.08 Å². The number of carbonyl (C=O) groups is 1. The largest absolute Gasteiger partial charge is 0.348 e. The van der Waals surface area contributed by atoms with Crippen LogP contribution < -0.4 is 5.32 Å². The molecule has 0 unspecified atom stereocenters. The van der Waals surface area contributed by atoms with Crippen molar-refractivity contribution >= 4 is 17.7 Å². The number of piperidine rings is 1. The van der Waals surface area contributed by atoms with Crippen LogP contribution in [0, 0.1) is 10.1 Å². The smallest absolute Gasteiger partial charge is 0.270 e. The second-order valence-electron chi connectivity index (χ2n) is 6.19. The minimum absolute atomic E-state index is 0.0289. The van der Waals surface area contributed by atoms with E-state index in [2.05, 4.69) is 10.2 Å². The molecule has 1 amide bonds. The summed E-state index contributed by atoms with van der Waals surface area (Å²) >= 11 is 0. The molecule has 2 saturated heterocycles. The zero-order valence-electron chi connectivity index (χ0n) is 13.0. The fourth-order valence-corrected chi connectivity index (χ4v) is 3.56.